The summed E-state index contributed by atoms with van der Waals surface area (Å²) in [7, 11) is 1.35. The van der Waals surface area contributed by atoms with E-state index in [9.17, 15) is 9.59 Å². The number of hydrogen-bond acceptors (Lipinski definition) is 6. The van der Waals surface area contributed by atoms with Gasteiger partial charge in [0.2, 0.25) is 0 Å². The molecule has 0 fully saturated rings. The van der Waals surface area contributed by atoms with Gasteiger partial charge in [0, 0.05) is 18.2 Å². The van der Waals surface area contributed by atoms with Crippen molar-refractivity contribution in [2.45, 2.75) is 32.7 Å². The molecule has 29 heavy (non-hydrogen) atoms. The van der Waals surface area contributed by atoms with E-state index >= 15 is 0 Å². The van der Waals surface area contributed by atoms with E-state index in [0.29, 0.717) is 29.4 Å². The normalized spacial score (nSPS) is 15.6. The first-order chi connectivity index (χ1) is 14.0. The minimum Gasteiger partial charge on any atom is -0.465 e. The number of ether oxygens (including phenoxy) is 1. The number of rotatable bonds is 5. The van der Waals surface area contributed by atoms with Crippen molar-refractivity contribution in [2.75, 3.05) is 12.4 Å². The van der Waals surface area contributed by atoms with Crippen molar-refractivity contribution in [2.24, 2.45) is 5.92 Å². The highest BCUT2D eigenvalue weighted by Gasteiger charge is 2.27. The third kappa shape index (κ3) is 3.91. The van der Waals surface area contributed by atoms with Crippen LogP contribution in [-0.2, 0) is 24.1 Å². The fourth-order valence-corrected chi connectivity index (χ4v) is 3.60. The van der Waals surface area contributed by atoms with E-state index in [2.05, 4.69) is 22.5 Å². The predicted molar refractivity (Wildman–Crippen MR) is 105 cm³/mol. The van der Waals surface area contributed by atoms with Crippen LogP contribution in [0.25, 0.3) is 0 Å². The van der Waals surface area contributed by atoms with Gasteiger partial charge in [0.25, 0.3) is 5.91 Å². The number of esters is 1. The molecule has 8 nitrogen and oxygen atoms in total. The van der Waals surface area contributed by atoms with E-state index in [4.69, 9.17) is 9.26 Å². The summed E-state index contributed by atoms with van der Waals surface area (Å²) < 4.78 is 11.8. The lowest BCUT2D eigenvalue weighted by Gasteiger charge is -2.16. The number of methoxy groups -OCH3 is 1. The van der Waals surface area contributed by atoms with Gasteiger partial charge in [-0.1, -0.05) is 30.3 Å². The zero-order valence-corrected chi connectivity index (χ0v) is 16.3. The summed E-state index contributed by atoms with van der Waals surface area (Å²) in [5.74, 6) is 0.611. The van der Waals surface area contributed by atoms with Crippen molar-refractivity contribution >= 4 is 17.6 Å². The number of aromatic nitrogens is 3. The molecule has 0 aliphatic heterocycles. The van der Waals surface area contributed by atoms with Crippen LogP contribution in [0.15, 0.2) is 41.2 Å². The number of benzene rings is 1. The Morgan fingerprint density at radius 1 is 1.34 bits per heavy atom. The van der Waals surface area contributed by atoms with E-state index < -0.39 is 5.97 Å². The average Bonchev–Trinajstić information content (AvgIpc) is 3.34. The second kappa shape index (κ2) is 7.90. The number of carbonyl (C=O) groups excluding carboxylic acids is 2. The quantitative estimate of drug-likeness (QED) is 0.668. The van der Waals surface area contributed by atoms with Crippen molar-refractivity contribution in [3.05, 3.63) is 64.8 Å². The summed E-state index contributed by atoms with van der Waals surface area (Å²) in [5, 5.41) is 11.1. The third-order valence-electron chi connectivity index (χ3n) is 5.15. The molecule has 1 atom stereocenters. The molecule has 1 aliphatic rings. The monoisotopic (exact) mass is 394 g/mol. The number of hydrogen-bond donors (Lipinski definition) is 1. The number of nitrogens with one attached hydrogen (secondary N) is 1. The highest BCUT2D eigenvalue weighted by Crippen LogP contribution is 2.28. The van der Waals surface area contributed by atoms with Gasteiger partial charge in [-0.25, -0.2) is 4.79 Å². The van der Waals surface area contributed by atoms with Gasteiger partial charge in [-0.15, -0.1) is 0 Å². The minimum atomic E-state index is -0.397. The zero-order chi connectivity index (χ0) is 20.4. The van der Waals surface area contributed by atoms with Gasteiger partial charge in [-0.05, 0) is 30.4 Å². The second-order valence-corrected chi connectivity index (χ2v) is 7.31. The molecule has 0 saturated heterocycles. The third-order valence-corrected chi connectivity index (χ3v) is 5.15. The Bertz CT molecular complexity index is 1050. The summed E-state index contributed by atoms with van der Waals surface area (Å²) in [5.41, 5.74) is 3.06. The molecule has 0 spiro atoms. The molecule has 2 aromatic heterocycles. The van der Waals surface area contributed by atoms with E-state index in [1.54, 1.807) is 29.2 Å². The second-order valence-electron chi connectivity index (χ2n) is 7.31. The summed E-state index contributed by atoms with van der Waals surface area (Å²) >= 11 is 0. The van der Waals surface area contributed by atoms with Crippen molar-refractivity contribution in [3.8, 4) is 0 Å². The summed E-state index contributed by atoms with van der Waals surface area (Å²) in [6.07, 6.45) is 5.93. The SMILES string of the molecule is COC(=O)c1ccccc1Cn1cc(NC(=O)c2noc3c2CC(C)CC3)cn1. The van der Waals surface area contributed by atoms with Gasteiger partial charge >= 0.3 is 5.97 Å². The van der Waals surface area contributed by atoms with E-state index in [1.165, 1.54) is 7.11 Å². The fourth-order valence-electron chi connectivity index (χ4n) is 3.60. The minimum absolute atomic E-state index is 0.307. The molecule has 4 rings (SSSR count). The number of amides is 1. The Kier molecular flexibility index (Phi) is 5.16. The zero-order valence-electron chi connectivity index (χ0n) is 16.3. The fraction of sp³-hybridized carbons (Fsp3) is 0.333. The molecule has 3 aromatic rings. The molecule has 1 amide bonds. The average molecular weight is 394 g/mol. The maximum atomic E-state index is 12.7. The van der Waals surface area contributed by atoms with E-state index in [0.717, 1.165) is 36.1 Å². The van der Waals surface area contributed by atoms with Gasteiger partial charge in [0.05, 0.1) is 31.1 Å². The van der Waals surface area contributed by atoms with Crippen molar-refractivity contribution in [3.63, 3.8) is 0 Å². The van der Waals surface area contributed by atoms with E-state index in [-0.39, 0.29) is 5.91 Å². The molecule has 1 aliphatic carbocycles. The van der Waals surface area contributed by atoms with Crippen LogP contribution < -0.4 is 5.32 Å². The van der Waals surface area contributed by atoms with Crippen molar-refractivity contribution in [1.29, 1.82) is 0 Å². The van der Waals surface area contributed by atoms with Crippen LogP contribution in [0.4, 0.5) is 5.69 Å². The number of nitrogens with zero attached hydrogens (tertiary/aromatic N) is 3. The van der Waals surface area contributed by atoms with Gasteiger partial charge < -0.3 is 14.6 Å². The molecular weight excluding hydrogens is 372 g/mol. The summed E-state index contributed by atoms with van der Waals surface area (Å²) in [6.45, 7) is 2.53. The summed E-state index contributed by atoms with van der Waals surface area (Å²) in [6, 6.07) is 7.18. The molecule has 0 radical (unpaired) electrons. The highest BCUT2D eigenvalue weighted by atomic mass is 16.5. The lowest BCUT2D eigenvalue weighted by atomic mass is 9.88. The first kappa shape index (κ1) is 18.9. The van der Waals surface area contributed by atoms with Crippen LogP contribution >= 0.6 is 0 Å². The van der Waals surface area contributed by atoms with Crippen LogP contribution in [0.5, 0.6) is 0 Å². The van der Waals surface area contributed by atoms with Gasteiger partial charge in [0.1, 0.15) is 5.76 Å². The molecule has 1 N–H and O–H groups in total. The largest absolute Gasteiger partial charge is 0.465 e. The Morgan fingerprint density at radius 3 is 3.00 bits per heavy atom. The standard InChI is InChI=1S/C21H22N4O4/c1-13-7-8-18-17(9-13)19(24-29-18)20(26)23-15-10-22-25(12-15)11-14-5-3-4-6-16(14)21(27)28-2/h3-6,10,12-13H,7-9,11H2,1-2H3,(H,23,26). The molecule has 0 bridgehead atoms. The number of aryl methyl sites for hydroxylation is 1. The maximum absolute atomic E-state index is 12.7. The lowest BCUT2D eigenvalue weighted by Crippen LogP contribution is -2.17. The van der Waals surface area contributed by atoms with Crippen molar-refractivity contribution < 1.29 is 18.8 Å². The van der Waals surface area contributed by atoms with Gasteiger partial charge in [-0.3, -0.25) is 9.48 Å². The predicted octanol–water partition coefficient (Wildman–Crippen LogP) is 3.08. The first-order valence-electron chi connectivity index (χ1n) is 9.52. The van der Waals surface area contributed by atoms with Crippen molar-refractivity contribution in [1.82, 2.24) is 14.9 Å². The topological polar surface area (TPSA) is 99.2 Å². The number of fused-ring (bicyclic) bond motifs is 1. The smallest absolute Gasteiger partial charge is 0.338 e. The van der Waals surface area contributed by atoms with Crippen LogP contribution in [0.2, 0.25) is 0 Å². The molecule has 0 saturated carbocycles. The number of anilines is 1. The Labute approximate surface area is 167 Å². The van der Waals surface area contributed by atoms with Gasteiger partial charge in [-0.2, -0.15) is 5.10 Å². The molecular formula is C21H22N4O4. The Balaban J connectivity index is 1.48. The molecule has 1 aromatic carbocycles. The Hall–Kier alpha value is -3.42. The van der Waals surface area contributed by atoms with E-state index in [1.807, 2.05) is 12.1 Å². The molecule has 1 unspecified atom stereocenters. The van der Waals surface area contributed by atoms with Crippen LogP contribution in [-0.4, -0.2) is 33.9 Å². The molecule has 2 heterocycles. The maximum Gasteiger partial charge on any atom is 0.338 e. The van der Waals surface area contributed by atoms with Gasteiger partial charge in [0.15, 0.2) is 5.69 Å². The van der Waals surface area contributed by atoms with Crippen LogP contribution in [0.3, 0.4) is 0 Å². The summed E-state index contributed by atoms with van der Waals surface area (Å²) in [4.78, 5) is 24.6. The lowest BCUT2D eigenvalue weighted by molar-refractivity contribution is 0.0599. The number of carbonyl (C=O) groups is 2. The molecule has 8 heteroatoms. The first-order valence-corrected chi connectivity index (χ1v) is 9.52. The van der Waals surface area contributed by atoms with Crippen LogP contribution in [0.1, 0.15) is 51.1 Å². The molecule has 150 valence electrons. The van der Waals surface area contributed by atoms with Crippen LogP contribution in [0, 0.1) is 5.92 Å². The Morgan fingerprint density at radius 2 is 2.17 bits per heavy atom. The highest BCUT2D eigenvalue weighted by molar-refractivity contribution is 6.03.